The largest absolute Gasteiger partial charge is 0.453 e. The number of anilines is 2. The maximum Gasteiger partial charge on any atom is 0.411 e. The van der Waals surface area contributed by atoms with Crippen molar-refractivity contribution in [2.75, 3.05) is 24.3 Å². The number of hydrogen-bond acceptors (Lipinski definition) is 6. The second-order valence-electron chi connectivity index (χ2n) is 10.8. The average Bonchev–Trinajstić information content (AvgIpc) is 3.01. The summed E-state index contributed by atoms with van der Waals surface area (Å²) in [5.74, 6) is -2.36. The molecular weight excluding hydrogens is 613 g/mol. The van der Waals surface area contributed by atoms with Gasteiger partial charge in [-0.15, -0.1) is 0 Å². The molecule has 1 aromatic heterocycles. The molecule has 0 saturated carbocycles. The zero-order valence-corrected chi connectivity index (χ0v) is 25.2. The summed E-state index contributed by atoms with van der Waals surface area (Å²) in [6, 6.07) is 10.5. The smallest absolute Gasteiger partial charge is 0.411 e. The minimum absolute atomic E-state index is 0.161. The third-order valence-corrected chi connectivity index (χ3v) is 8.18. The second-order valence-corrected chi connectivity index (χ2v) is 11.2. The molecule has 45 heavy (non-hydrogen) atoms. The number of nitrogens with zero attached hydrogens (tertiary/aromatic N) is 2. The molecule has 3 heterocycles. The molecule has 2 N–H and O–H groups in total. The molecule has 0 unspecified atom stereocenters. The van der Waals surface area contributed by atoms with Crippen molar-refractivity contribution in [1.82, 2.24) is 9.88 Å². The summed E-state index contributed by atoms with van der Waals surface area (Å²) in [7, 11) is 1.25. The van der Waals surface area contributed by atoms with Crippen molar-refractivity contribution >= 4 is 46.5 Å². The van der Waals surface area contributed by atoms with Crippen LogP contribution < -0.4 is 15.4 Å². The SMILES string of the molecule is COC(=O)Nc1ccc2c(c1)NC(=O)[C@H](C)CCC[C@H](N1CCC(c3c(OC(F)F)ccc(Cl)c3F)=CC1=O)c1ccnc-2c1. The fourth-order valence-electron chi connectivity index (χ4n) is 5.61. The molecule has 2 bridgehead atoms. The van der Waals surface area contributed by atoms with Crippen molar-refractivity contribution in [3.05, 3.63) is 76.7 Å². The van der Waals surface area contributed by atoms with E-state index in [1.807, 2.05) is 19.1 Å². The van der Waals surface area contributed by atoms with Gasteiger partial charge in [0.1, 0.15) is 5.75 Å². The normalized spacial score (nSPS) is 18.6. The van der Waals surface area contributed by atoms with Gasteiger partial charge in [0.15, 0.2) is 5.82 Å². The number of nitrogens with one attached hydrogen (secondary N) is 2. The number of methoxy groups -OCH3 is 1. The van der Waals surface area contributed by atoms with Gasteiger partial charge in [0.25, 0.3) is 0 Å². The third kappa shape index (κ3) is 7.06. The Balaban J connectivity index is 1.52. The maximum absolute atomic E-state index is 15.1. The van der Waals surface area contributed by atoms with Crippen LogP contribution in [-0.2, 0) is 14.3 Å². The summed E-state index contributed by atoms with van der Waals surface area (Å²) < 4.78 is 50.4. The Morgan fingerprint density at radius 1 is 1.16 bits per heavy atom. The molecule has 0 radical (unpaired) electrons. The van der Waals surface area contributed by atoms with Gasteiger partial charge >= 0.3 is 12.7 Å². The Labute approximate surface area is 262 Å². The monoisotopic (exact) mass is 642 g/mol. The highest BCUT2D eigenvalue weighted by molar-refractivity contribution is 6.31. The molecule has 0 spiro atoms. The van der Waals surface area contributed by atoms with Gasteiger partial charge in [0.05, 0.1) is 35.1 Å². The van der Waals surface area contributed by atoms with E-state index in [0.29, 0.717) is 41.9 Å². The Morgan fingerprint density at radius 2 is 1.96 bits per heavy atom. The molecule has 13 heteroatoms. The van der Waals surface area contributed by atoms with Crippen molar-refractivity contribution in [2.24, 2.45) is 5.92 Å². The number of halogens is 4. The lowest BCUT2D eigenvalue weighted by Crippen LogP contribution is -2.37. The first kappa shape index (κ1) is 31.8. The van der Waals surface area contributed by atoms with E-state index < -0.39 is 36.2 Å². The summed E-state index contributed by atoms with van der Waals surface area (Å²) in [5.41, 5.74) is 2.71. The fourth-order valence-corrected chi connectivity index (χ4v) is 5.77. The van der Waals surface area contributed by atoms with Crippen LogP contribution in [0.3, 0.4) is 0 Å². The summed E-state index contributed by atoms with van der Waals surface area (Å²) in [5, 5.41) is 5.27. The molecule has 0 saturated heterocycles. The van der Waals surface area contributed by atoms with Gasteiger partial charge in [0.2, 0.25) is 11.8 Å². The standard InChI is InChI=1S/C32H30ClF3N4O5/c1-17-4-3-5-25(40-13-11-19(15-27(40)41)28-26(45-31(35)36)9-8-22(33)29(28)34)18-10-12-37-23(14-18)21-7-6-20(38-32(43)44-2)16-24(21)39-30(17)42/h6-10,12,14-17,25,31H,3-5,11,13H2,1-2H3,(H,38,43)(H,39,42)/t17-,25+/m1/s1. The van der Waals surface area contributed by atoms with Gasteiger partial charge in [-0.1, -0.05) is 24.9 Å². The van der Waals surface area contributed by atoms with Crippen LogP contribution in [0.25, 0.3) is 16.8 Å². The molecule has 2 aromatic carbocycles. The van der Waals surface area contributed by atoms with Gasteiger partial charge in [-0.2, -0.15) is 8.78 Å². The number of carbonyl (C=O) groups is 3. The van der Waals surface area contributed by atoms with Crippen LogP contribution in [0, 0.1) is 11.7 Å². The molecule has 3 amide bonds. The number of aromatic nitrogens is 1. The van der Waals surface area contributed by atoms with Gasteiger partial charge in [-0.05, 0) is 72.9 Å². The lowest BCUT2D eigenvalue weighted by atomic mass is 9.91. The lowest BCUT2D eigenvalue weighted by molar-refractivity contribution is -0.129. The molecule has 3 aromatic rings. The number of benzene rings is 2. The van der Waals surface area contributed by atoms with Gasteiger partial charge in [-0.25, -0.2) is 9.18 Å². The van der Waals surface area contributed by atoms with E-state index in [1.165, 1.54) is 13.2 Å². The van der Waals surface area contributed by atoms with Gasteiger partial charge in [-0.3, -0.25) is 19.9 Å². The Bertz CT molecular complexity index is 1670. The Hall–Kier alpha value is -4.58. The van der Waals surface area contributed by atoms with Crippen LogP contribution in [0.1, 0.15) is 49.8 Å². The zero-order valence-electron chi connectivity index (χ0n) is 24.4. The summed E-state index contributed by atoms with van der Waals surface area (Å²) >= 11 is 5.95. The minimum atomic E-state index is -3.19. The number of fused-ring (bicyclic) bond motifs is 4. The van der Waals surface area contributed by atoms with Crippen molar-refractivity contribution in [3.63, 3.8) is 0 Å². The number of pyridine rings is 1. The first-order chi connectivity index (χ1) is 21.5. The molecule has 9 nitrogen and oxygen atoms in total. The molecule has 0 aliphatic carbocycles. The number of amides is 3. The van der Waals surface area contributed by atoms with E-state index in [1.54, 1.807) is 29.3 Å². The minimum Gasteiger partial charge on any atom is -0.453 e. The van der Waals surface area contributed by atoms with Crippen LogP contribution in [-0.4, -0.2) is 48.1 Å². The van der Waals surface area contributed by atoms with E-state index in [-0.39, 0.29) is 40.9 Å². The first-order valence-electron chi connectivity index (χ1n) is 14.3. The van der Waals surface area contributed by atoms with Crippen LogP contribution in [0.15, 0.2) is 54.7 Å². The molecule has 2 aliphatic rings. The lowest BCUT2D eigenvalue weighted by Gasteiger charge is -2.35. The highest BCUT2D eigenvalue weighted by Crippen LogP contribution is 2.40. The molecule has 236 valence electrons. The number of carbonyl (C=O) groups excluding carboxylic acids is 3. The maximum atomic E-state index is 15.1. The molecule has 0 fully saturated rings. The van der Waals surface area contributed by atoms with Crippen molar-refractivity contribution in [2.45, 2.75) is 45.3 Å². The summed E-state index contributed by atoms with van der Waals surface area (Å²) in [4.78, 5) is 44.7. The average molecular weight is 643 g/mol. The van der Waals surface area contributed by atoms with Crippen LogP contribution in [0.5, 0.6) is 5.75 Å². The predicted octanol–water partition coefficient (Wildman–Crippen LogP) is 7.44. The van der Waals surface area contributed by atoms with E-state index >= 15 is 4.39 Å². The van der Waals surface area contributed by atoms with E-state index in [9.17, 15) is 23.2 Å². The van der Waals surface area contributed by atoms with Crippen molar-refractivity contribution in [1.29, 1.82) is 0 Å². The summed E-state index contributed by atoms with van der Waals surface area (Å²) in [6.45, 7) is -1.21. The Morgan fingerprint density at radius 3 is 2.69 bits per heavy atom. The molecular formula is C32H30ClF3N4O5. The van der Waals surface area contributed by atoms with Crippen molar-refractivity contribution < 1.29 is 37.0 Å². The van der Waals surface area contributed by atoms with E-state index in [2.05, 4.69) is 25.1 Å². The van der Waals surface area contributed by atoms with Crippen LogP contribution in [0.2, 0.25) is 5.02 Å². The quantitative estimate of drug-likeness (QED) is 0.299. The number of alkyl halides is 2. The van der Waals surface area contributed by atoms with Gasteiger partial charge in [0, 0.05) is 36.0 Å². The zero-order chi connectivity index (χ0) is 32.2. The Kier molecular flexibility index (Phi) is 9.62. The summed E-state index contributed by atoms with van der Waals surface area (Å²) in [6.07, 6.45) is 4.00. The number of hydrogen-bond donors (Lipinski definition) is 2. The molecule has 2 aliphatic heterocycles. The van der Waals surface area contributed by atoms with Crippen LogP contribution in [0.4, 0.5) is 29.3 Å². The number of ether oxygens (including phenoxy) is 2. The number of rotatable bonds is 5. The highest BCUT2D eigenvalue weighted by atomic mass is 35.5. The van der Waals surface area contributed by atoms with Crippen LogP contribution >= 0.6 is 11.6 Å². The molecule has 5 rings (SSSR count). The highest BCUT2D eigenvalue weighted by Gasteiger charge is 2.31. The van der Waals surface area contributed by atoms with Crippen molar-refractivity contribution in [3.8, 4) is 17.0 Å². The third-order valence-electron chi connectivity index (χ3n) is 7.89. The second kappa shape index (κ2) is 13.6. The predicted molar refractivity (Wildman–Crippen MR) is 162 cm³/mol. The first-order valence-corrected chi connectivity index (χ1v) is 14.6. The van der Waals surface area contributed by atoms with E-state index in [4.69, 9.17) is 11.6 Å². The molecule has 2 atom stereocenters. The van der Waals surface area contributed by atoms with E-state index in [0.717, 1.165) is 17.7 Å². The topological polar surface area (TPSA) is 110 Å². The van der Waals surface area contributed by atoms with Gasteiger partial charge < -0.3 is 19.7 Å². The fraction of sp³-hybridized carbons (Fsp3) is 0.312.